The van der Waals surface area contributed by atoms with E-state index in [0.29, 0.717) is 17.9 Å². The second-order valence-electron chi connectivity index (χ2n) is 5.00. The monoisotopic (exact) mass is 179 g/mol. The Hall–Kier alpha value is -0.370. The molecule has 0 aromatic carbocycles. The Kier molecular flexibility index (Phi) is 1.72. The van der Waals surface area contributed by atoms with Crippen LogP contribution in [0.3, 0.4) is 0 Å². The molecule has 1 aliphatic heterocycles. The molecule has 0 spiro atoms. The summed E-state index contributed by atoms with van der Waals surface area (Å²) in [6.07, 6.45) is 7.02. The number of nitrogens with one attached hydrogen (secondary N) is 1. The standard InChI is InChI=1S/C11H17NO/c13-9-5-10(7-1-2-7)12-11(6-9)8-3-4-8/h7-8,10-12H,1-6H2/t10-,11+. The van der Waals surface area contributed by atoms with Gasteiger partial charge >= 0.3 is 0 Å². The molecule has 1 saturated heterocycles. The van der Waals surface area contributed by atoms with Crippen molar-refractivity contribution in [3.63, 3.8) is 0 Å². The highest BCUT2D eigenvalue weighted by atomic mass is 16.1. The average Bonchev–Trinajstić information content (AvgIpc) is 2.98. The zero-order valence-corrected chi connectivity index (χ0v) is 7.96. The lowest BCUT2D eigenvalue weighted by molar-refractivity contribution is -0.122. The molecule has 0 radical (unpaired) electrons. The third-order valence-electron chi connectivity index (χ3n) is 3.71. The van der Waals surface area contributed by atoms with E-state index in [9.17, 15) is 4.79 Å². The minimum atomic E-state index is 0.507. The zero-order valence-electron chi connectivity index (χ0n) is 7.96. The second-order valence-corrected chi connectivity index (χ2v) is 5.00. The van der Waals surface area contributed by atoms with E-state index in [2.05, 4.69) is 5.32 Å². The van der Waals surface area contributed by atoms with Gasteiger partial charge in [-0.3, -0.25) is 4.79 Å². The highest BCUT2D eigenvalue weighted by Gasteiger charge is 2.41. The van der Waals surface area contributed by atoms with Crippen LogP contribution in [0.4, 0.5) is 0 Å². The van der Waals surface area contributed by atoms with Gasteiger partial charge in [0.2, 0.25) is 0 Å². The van der Waals surface area contributed by atoms with Crippen molar-refractivity contribution in [3.8, 4) is 0 Å². The maximum atomic E-state index is 11.5. The highest BCUT2D eigenvalue weighted by Crippen LogP contribution is 2.40. The normalized spacial score (nSPS) is 40.8. The van der Waals surface area contributed by atoms with Crippen molar-refractivity contribution in [2.75, 3.05) is 0 Å². The fourth-order valence-corrected chi connectivity index (χ4v) is 2.57. The van der Waals surface area contributed by atoms with E-state index >= 15 is 0 Å². The molecule has 3 fully saturated rings. The third-order valence-corrected chi connectivity index (χ3v) is 3.71. The summed E-state index contributed by atoms with van der Waals surface area (Å²) in [4.78, 5) is 11.5. The van der Waals surface area contributed by atoms with Crippen molar-refractivity contribution in [2.45, 2.75) is 50.6 Å². The molecule has 72 valence electrons. The molecular formula is C11H17NO. The number of hydrogen-bond acceptors (Lipinski definition) is 2. The number of carbonyl (C=O) groups is 1. The molecule has 1 heterocycles. The van der Waals surface area contributed by atoms with Crippen LogP contribution >= 0.6 is 0 Å². The molecule has 2 heteroatoms. The minimum absolute atomic E-state index is 0.507. The average molecular weight is 179 g/mol. The highest BCUT2D eigenvalue weighted by molar-refractivity contribution is 5.80. The topological polar surface area (TPSA) is 29.1 Å². The van der Waals surface area contributed by atoms with Gasteiger partial charge in [-0.1, -0.05) is 0 Å². The van der Waals surface area contributed by atoms with E-state index in [1.54, 1.807) is 0 Å². The summed E-state index contributed by atoms with van der Waals surface area (Å²) in [5, 5.41) is 3.69. The quantitative estimate of drug-likeness (QED) is 0.696. The molecule has 3 rings (SSSR count). The van der Waals surface area contributed by atoms with Gasteiger partial charge in [0.25, 0.3) is 0 Å². The number of Topliss-reactive ketones (excluding diaryl/α,β-unsaturated/α-hetero) is 1. The van der Waals surface area contributed by atoms with E-state index in [-0.39, 0.29) is 0 Å². The molecule has 3 aliphatic rings. The lowest BCUT2D eigenvalue weighted by Gasteiger charge is -2.30. The SMILES string of the molecule is O=C1C[C@@H](C2CC2)N[C@@H](C2CC2)C1. The number of ketones is 1. The molecule has 0 aromatic rings. The van der Waals surface area contributed by atoms with E-state index in [1.807, 2.05) is 0 Å². The third kappa shape index (κ3) is 1.64. The van der Waals surface area contributed by atoms with Gasteiger partial charge in [-0.05, 0) is 37.5 Å². The van der Waals surface area contributed by atoms with Crippen LogP contribution in [-0.2, 0) is 4.79 Å². The Balaban J connectivity index is 1.66. The molecule has 2 aliphatic carbocycles. The summed E-state index contributed by atoms with van der Waals surface area (Å²) in [6, 6.07) is 1.10. The first-order chi connectivity index (χ1) is 6.33. The van der Waals surface area contributed by atoms with Crippen LogP contribution in [-0.4, -0.2) is 17.9 Å². The van der Waals surface area contributed by atoms with Crippen molar-refractivity contribution in [1.82, 2.24) is 5.32 Å². The molecule has 2 nitrogen and oxygen atoms in total. The summed E-state index contributed by atoms with van der Waals surface area (Å²) in [6.45, 7) is 0. The van der Waals surface area contributed by atoms with Crippen LogP contribution in [0.5, 0.6) is 0 Å². The number of piperidine rings is 1. The summed E-state index contributed by atoms with van der Waals surface area (Å²) < 4.78 is 0. The van der Waals surface area contributed by atoms with Gasteiger partial charge in [-0.15, -0.1) is 0 Å². The first kappa shape index (κ1) is 7.98. The maximum absolute atomic E-state index is 11.5. The van der Waals surface area contributed by atoms with E-state index < -0.39 is 0 Å². The predicted molar refractivity (Wildman–Crippen MR) is 50.4 cm³/mol. The smallest absolute Gasteiger partial charge is 0.136 e. The molecule has 0 bridgehead atoms. The largest absolute Gasteiger partial charge is 0.310 e. The van der Waals surface area contributed by atoms with Crippen LogP contribution in [0.1, 0.15) is 38.5 Å². The number of rotatable bonds is 2. The van der Waals surface area contributed by atoms with E-state index in [1.165, 1.54) is 25.7 Å². The predicted octanol–water partition coefficient (Wildman–Crippen LogP) is 1.50. The summed E-state index contributed by atoms with van der Waals surface area (Å²) in [7, 11) is 0. The fraction of sp³-hybridized carbons (Fsp3) is 0.909. The number of hydrogen-bond donors (Lipinski definition) is 1. The molecule has 0 aromatic heterocycles. The van der Waals surface area contributed by atoms with Crippen LogP contribution in [0, 0.1) is 11.8 Å². The zero-order chi connectivity index (χ0) is 8.84. The Labute approximate surface area is 79.1 Å². The Morgan fingerprint density at radius 1 is 0.923 bits per heavy atom. The van der Waals surface area contributed by atoms with Crippen molar-refractivity contribution in [2.24, 2.45) is 11.8 Å². The molecule has 0 unspecified atom stereocenters. The lowest BCUT2D eigenvalue weighted by atomic mass is 9.92. The lowest BCUT2D eigenvalue weighted by Crippen LogP contribution is -2.48. The summed E-state index contributed by atoms with van der Waals surface area (Å²) >= 11 is 0. The minimum Gasteiger partial charge on any atom is -0.310 e. The molecule has 13 heavy (non-hydrogen) atoms. The van der Waals surface area contributed by atoms with E-state index in [4.69, 9.17) is 0 Å². The number of carbonyl (C=O) groups excluding carboxylic acids is 1. The van der Waals surface area contributed by atoms with Gasteiger partial charge in [-0.25, -0.2) is 0 Å². The van der Waals surface area contributed by atoms with Crippen LogP contribution < -0.4 is 5.32 Å². The van der Waals surface area contributed by atoms with Gasteiger partial charge in [0.05, 0.1) is 0 Å². The molecular weight excluding hydrogens is 162 g/mol. The first-order valence-corrected chi connectivity index (χ1v) is 5.60. The molecule has 2 saturated carbocycles. The van der Waals surface area contributed by atoms with Crippen LogP contribution in [0.25, 0.3) is 0 Å². The maximum Gasteiger partial charge on any atom is 0.136 e. The summed E-state index contributed by atoms with van der Waals surface area (Å²) in [5.41, 5.74) is 0. The Morgan fingerprint density at radius 3 is 1.77 bits per heavy atom. The molecule has 1 N–H and O–H groups in total. The molecule has 2 atom stereocenters. The van der Waals surface area contributed by atoms with Gasteiger partial charge in [0.1, 0.15) is 5.78 Å². The van der Waals surface area contributed by atoms with Gasteiger partial charge < -0.3 is 5.32 Å². The first-order valence-electron chi connectivity index (χ1n) is 5.60. The Morgan fingerprint density at radius 2 is 1.38 bits per heavy atom. The Bertz CT molecular complexity index is 208. The fourth-order valence-electron chi connectivity index (χ4n) is 2.57. The second kappa shape index (κ2) is 2.81. The van der Waals surface area contributed by atoms with Gasteiger partial charge in [0.15, 0.2) is 0 Å². The molecule has 0 amide bonds. The summed E-state index contributed by atoms with van der Waals surface area (Å²) in [5.74, 6) is 2.18. The van der Waals surface area contributed by atoms with E-state index in [0.717, 1.165) is 24.7 Å². The van der Waals surface area contributed by atoms with Crippen molar-refractivity contribution < 1.29 is 4.79 Å². The van der Waals surface area contributed by atoms with Crippen molar-refractivity contribution in [1.29, 1.82) is 0 Å². The van der Waals surface area contributed by atoms with Crippen molar-refractivity contribution >= 4 is 5.78 Å². The van der Waals surface area contributed by atoms with Crippen molar-refractivity contribution in [3.05, 3.63) is 0 Å². The van der Waals surface area contributed by atoms with Gasteiger partial charge in [-0.2, -0.15) is 0 Å². The van der Waals surface area contributed by atoms with Crippen LogP contribution in [0.15, 0.2) is 0 Å². The van der Waals surface area contributed by atoms with Crippen LogP contribution in [0.2, 0.25) is 0 Å². The van der Waals surface area contributed by atoms with Gasteiger partial charge in [0, 0.05) is 24.9 Å².